The van der Waals surface area contributed by atoms with Crippen molar-refractivity contribution in [3.05, 3.63) is 23.8 Å². The third-order valence-corrected chi connectivity index (χ3v) is 8.47. The van der Waals surface area contributed by atoms with E-state index in [2.05, 4.69) is 6.92 Å². The minimum absolute atomic E-state index is 0.0584. The third-order valence-electron chi connectivity index (χ3n) is 8.47. The average molecular weight is 389 g/mol. The molecule has 3 saturated carbocycles. The molecule has 0 aromatic rings. The van der Waals surface area contributed by atoms with Gasteiger partial charge < -0.3 is 20.7 Å². The Bertz CT molecular complexity index is 775. The number of ketones is 2. The van der Waals surface area contributed by atoms with Gasteiger partial charge in [0.05, 0.1) is 6.10 Å². The van der Waals surface area contributed by atoms with E-state index < -0.39 is 22.5 Å². The van der Waals surface area contributed by atoms with Crippen molar-refractivity contribution in [3.8, 4) is 0 Å². The second kappa shape index (κ2) is 6.33. The molecule has 6 nitrogen and oxygen atoms in total. The van der Waals surface area contributed by atoms with Crippen LogP contribution in [0.15, 0.2) is 23.8 Å². The summed E-state index contributed by atoms with van der Waals surface area (Å²) >= 11 is 0. The molecule has 6 heteroatoms. The summed E-state index contributed by atoms with van der Waals surface area (Å²) in [5, 5.41) is 22.7. The highest BCUT2D eigenvalue weighted by Crippen LogP contribution is 2.66. The van der Waals surface area contributed by atoms with Crippen LogP contribution in [0.1, 0.15) is 39.5 Å². The first-order chi connectivity index (χ1) is 13.1. The number of rotatable bonds is 3. The van der Waals surface area contributed by atoms with Crippen molar-refractivity contribution in [1.82, 2.24) is 0 Å². The lowest BCUT2D eigenvalue weighted by atomic mass is 9.45. The second-order valence-corrected chi connectivity index (χ2v) is 9.70. The van der Waals surface area contributed by atoms with E-state index in [1.54, 1.807) is 12.2 Å². The van der Waals surface area contributed by atoms with Crippen molar-refractivity contribution in [2.75, 3.05) is 13.7 Å². The molecule has 4 N–H and O–H groups in total. The number of Topliss-reactive ketones (excluding diaryl/α,β-unsaturated/α-hetero) is 1. The fourth-order valence-corrected chi connectivity index (χ4v) is 7.18. The molecule has 0 aromatic carbocycles. The zero-order valence-electron chi connectivity index (χ0n) is 16.9. The molecule has 0 aromatic heterocycles. The summed E-state index contributed by atoms with van der Waals surface area (Å²) < 4.78 is 5.01. The number of carbonyl (C=O) groups excluding carboxylic acids is 2. The maximum atomic E-state index is 12.7. The molecule has 4 aliphatic carbocycles. The lowest BCUT2D eigenvalue weighted by Gasteiger charge is -2.60. The highest BCUT2D eigenvalue weighted by atomic mass is 16.5. The number of fused-ring (bicyclic) bond motifs is 5. The highest BCUT2D eigenvalue weighted by Gasteiger charge is 2.68. The van der Waals surface area contributed by atoms with Crippen LogP contribution in [0.3, 0.4) is 0 Å². The molecule has 4 aliphatic rings. The van der Waals surface area contributed by atoms with Gasteiger partial charge in [-0.25, -0.2) is 0 Å². The molecule has 28 heavy (non-hydrogen) atoms. The van der Waals surface area contributed by atoms with Crippen LogP contribution in [0.2, 0.25) is 0 Å². The van der Waals surface area contributed by atoms with Crippen LogP contribution >= 0.6 is 0 Å². The Balaban J connectivity index is 1.75. The van der Waals surface area contributed by atoms with Crippen molar-refractivity contribution in [3.63, 3.8) is 0 Å². The molecular formula is C22H31NO5. The lowest BCUT2D eigenvalue weighted by Crippen LogP contribution is -2.63. The summed E-state index contributed by atoms with van der Waals surface area (Å²) in [7, 11) is 1.45. The van der Waals surface area contributed by atoms with E-state index in [0.29, 0.717) is 19.3 Å². The molecule has 0 heterocycles. The summed E-state index contributed by atoms with van der Waals surface area (Å²) in [6.07, 6.45) is 6.54. The first-order valence-corrected chi connectivity index (χ1v) is 10.2. The van der Waals surface area contributed by atoms with Crippen molar-refractivity contribution < 1.29 is 24.5 Å². The minimum Gasteiger partial charge on any atom is -0.393 e. The first kappa shape index (κ1) is 20.0. The fourth-order valence-electron chi connectivity index (χ4n) is 7.18. The van der Waals surface area contributed by atoms with Gasteiger partial charge in [0.2, 0.25) is 0 Å². The number of allylic oxidation sites excluding steroid dienone is 3. The molecule has 0 spiro atoms. The number of aliphatic hydroxyl groups is 2. The van der Waals surface area contributed by atoms with Crippen LogP contribution in [0, 0.1) is 28.6 Å². The first-order valence-electron chi connectivity index (χ1n) is 10.2. The molecule has 0 aliphatic heterocycles. The Morgan fingerprint density at radius 1 is 1.39 bits per heavy atom. The maximum Gasteiger partial charge on any atom is 0.190 e. The summed E-state index contributed by atoms with van der Waals surface area (Å²) in [5.41, 5.74) is 4.72. The number of nitrogens with two attached hydrogens (primary N) is 1. The Morgan fingerprint density at radius 2 is 2.11 bits per heavy atom. The molecule has 4 rings (SSSR count). The predicted molar refractivity (Wildman–Crippen MR) is 103 cm³/mol. The van der Waals surface area contributed by atoms with E-state index in [-0.39, 0.29) is 42.0 Å². The highest BCUT2D eigenvalue weighted by molar-refractivity contribution is 6.01. The number of hydrogen-bond donors (Lipinski definition) is 3. The molecule has 154 valence electrons. The summed E-state index contributed by atoms with van der Waals surface area (Å²) in [6, 6.07) is -0.266. The molecule has 0 saturated heterocycles. The molecule has 3 fully saturated rings. The molecule has 8 atom stereocenters. The van der Waals surface area contributed by atoms with Gasteiger partial charge in [-0.2, -0.15) is 0 Å². The van der Waals surface area contributed by atoms with Crippen LogP contribution < -0.4 is 5.73 Å². The number of hydrogen-bond acceptors (Lipinski definition) is 6. The van der Waals surface area contributed by atoms with E-state index in [4.69, 9.17) is 10.5 Å². The minimum atomic E-state index is -1.49. The molecule has 0 amide bonds. The number of ether oxygens (including phenoxy) is 1. The fraction of sp³-hybridized carbons (Fsp3) is 0.727. The van der Waals surface area contributed by atoms with Gasteiger partial charge in [0.25, 0.3) is 0 Å². The van der Waals surface area contributed by atoms with Gasteiger partial charge in [-0.3, -0.25) is 9.59 Å². The van der Waals surface area contributed by atoms with Crippen molar-refractivity contribution >= 4 is 11.6 Å². The molecule has 0 unspecified atom stereocenters. The second-order valence-electron chi connectivity index (χ2n) is 9.70. The average Bonchev–Trinajstić information content (AvgIpc) is 2.89. The molecule has 0 radical (unpaired) electrons. The number of carbonyl (C=O) groups is 2. The van der Waals surface area contributed by atoms with Crippen LogP contribution in [0.5, 0.6) is 0 Å². The summed E-state index contributed by atoms with van der Waals surface area (Å²) in [6.45, 7) is 3.87. The Kier molecular flexibility index (Phi) is 4.51. The Morgan fingerprint density at radius 3 is 2.79 bits per heavy atom. The quantitative estimate of drug-likeness (QED) is 0.668. The monoisotopic (exact) mass is 389 g/mol. The smallest absolute Gasteiger partial charge is 0.190 e. The van der Waals surface area contributed by atoms with Gasteiger partial charge in [-0.1, -0.05) is 19.9 Å². The van der Waals surface area contributed by atoms with Gasteiger partial charge in [0, 0.05) is 29.9 Å². The zero-order valence-corrected chi connectivity index (χ0v) is 16.9. The van der Waals surface area contributed by atoms with Crippen LogP contribution in [0.4, 0.5) is 0 Å². The Labute approximate surface area is 165 Å². The zero-order chi connectivity index (χ0) is 20.5. The van der Waals surface area contributed by atoms with Crippen LogP contribution in [-0.2, 0) is 14.3 Å². The third kappa shape index (κ3) is 2.41. The summed E-state index contributed by atoms with van der Waals surface area (Å²) in [5.74, 6) is -0.284. The van der Waals surface area contributed by atoms with E-state index in [1.807, 2.05) is 13.0 Å². The molecular weight excluding hydrogens is 358 g/mol. The Hall–Kier alpha value is -1.34. The van der Waals surface area contributed by atoms with Gasteiger partial charge in [-0.15, -0.1) is 0 Å². The van der Waals surface area contributed by atoms with Crippen LogP contribution in [0.25, 0.3) is 0 Å². The van der Waals surface area contributed by atoms with Crippen molar-refractivity contribution in [2.24, 2.45) is 34.3 Å². The maximum absolute atomic E-state index is 12.7. The predicted octanol–water partition coefficient (Wildman–Crippen LogP) is 1.15. The standard InChI is InChI=1S/C22H31NO5/c1-20-6-4-12(24)8-15(20)16(23)9-13-14-5-7-22(27,18(26)11-28-3)21(14,2)10-17(25)19(13)20/h4,6,8,13-14,16-17,19,25,27H,5,7,9-11,23H2,1-3H3/t13-,14-,16-,17-,19+,20-,21-,22-/m0/s1. The van der Waals surface area contributed by atoms with Crippen LogP contribution in [-0.4, -0.2) is 53.2 Å². The van der Waals surface area contributed by atoms with E-state index in [9.17, 15) is 19.8 Å². The molecule has 0 bridgehead atoms. The SMILES string of the molecule is COCC(=O)[C@@]1(O)CC[C@H]2[C@@H]3C[C@H](N)C4=CC(=O)C=C[C@]4(C)[C@H]3[C@@H](O)C[C@@]21C. The van der Waals surface area contributed by atoms with Gasteiger partial charge in [0.1, 0.15) is 12.2 Å². The summed E-state index contributed by atoms with van der Waals surface area (Å²) in [4.78, 5) is 24.7. The van der Waals surface area contributed by atoms with Gasteiger partial charge >= 0.3 is 0 Å². The van der Waals surface area contributed by atoms with Crippen molar-refractivity contribution in [1.29, 1.82) is 0 Å². The largest absolute Gasteiger partial charge is 0.393 e. The number of aliphatic hydroxyl groups excluding tert-OH is 1. The van der Waals surface area contributed by atoms with Crippen molar-refractivity contribution in [2.45, 2.75) is 57.3 Å². The number of methoxy groups -OCH3 is 1. The van der Waals surface area contributed by atoms with Gasteiger partial charge in [-0.05, 0) is 55.2 Å². The topological polar surface area (TPSA) is 110 Å². The van der Waals surface area contributed by atoms with E-state index in [0.717, 1.165) is 12.0 Å². The van der Waals surface area contributed by atoms with E-state index >= 15 is 0 Å². The normalized spacial score (nSPS) is 49.9. The van der Waals surface area contributed by atoms with E-state index in [1.165, 1.54) is 7.11 Å². The van der Waals surface area contributed by atoms with Gasteiger partial charge in [0.15, 0.2) is 11.6 Å². The lowest BCUT2D eigenvalue weighted by molar-refractivity contribution is -0.179.